The molecule has 0 amide bonds. The standard InChI is InChI=1S/C17H29NO/c1-5-11-18-13-17(15(3)10-12-19-4)16-8-6-14(2)7-9-16/h6-9,15,17-18H,5,10-13H2,1-4H3. The highest BCUT2D eigenvalue weighted by molar-refractivity contribution is 5.25. The van der Waals surface area contributed by atoms with E-state index in [4.69, 9.17) is 4.74 Å². The van der Waals surface area contributed by atoms with Gasteiger partial charge in [0.15, 0.2) is 0 Å². The first kappa shape index (κ1) is 16.2. The molecule has 1 rings (SSSR count). The minimum absolute atomic E-state index is 0.572. The molecule has 0 fully saturated rings. The zero-order valence-corrected chi connectivity index (χ0v) is 12.9. The van der Waals surface area contributed by atoms with Crippen LogP contribution in [-0.4, -0.2) is 26.8 Å². The molecule has 2 atom stereocenters. The van der Waals surface area contributed by atoms with Crippen molar-refractivity contribution in [2.24, 2.45) is 5.92 Å². The molecule has 0 heterocycles. The largest absolute Gasteiger partial charge is 0.385 e. The summed E-state index contributed by atoms with van der Waals surface area (Å²) < 4.78 is 5.22. The number of ether oxygens (including phenoxy) is 1. The fourth-order valence-corrected chi connectivity index (χ4v) is 2.40. The summed E-state index contributed by atoms with van der Waals surface area (Å²) in [6.07, 6.45) is 2.30. The van der Waals surface area contributed by atoms with E-state index in [1.807, 2.05) is 0 Å². The molecule has 2 nitrogen and oxygen atoms in total. The van der Waals surface area contributed by atoms with Gasteiger partial charge < -0.3 is 10.1 Å². The molecule has 0 saturated heterocycles. The van der Waals surface area contributed by atoms with Gasteiger partial charge in [0, 0.05) is 20.3 Å². The second kappa shape index (κ2) is 9.11. The molecule has 0 saturated carbocycles. The third-order valence-electron chi connectivity index (χ3n) is 3.76. The first-order valence-corrected chi connectivity index (χ1v) is 7.45. The number of methoxy groups -OCH3 is 1. The van der Waals surface area contributed by atoms with Crippen LogP contribution in [0.2, 0.25) is 0 Å². The van der Waals surface area contributed by atoms with E-state index in [1.165, 1.54) is 17.5 Å². The first-order chi connectivity index (χ1) is 9.19. The lowest BCUT2D eigenvalue weighted by Crippen LogP contribution is -2.27. The summed E-state index contributed by atoms with van der Waals surface area (Å²) in [5.74, 6) is 1.20. The van der Waals surface area contributed by atoms with Crippen molar-refractivity contribution in [3.05, 3.63) is 35.4 Å². The number of rotatable bonds is 9. The maximum absolute atomic E-state index is 5.22. The molecule has 0 aliphatic carbocycles. The second-order valence-corrected chi connectivity index (χ2v) is 5.48. The highest BCUT2D eigenvalue weighted by Gasteiger charge is 2.18. The second-order valence-electron chi connectivity index (χ2n) is 5.48. The van der Waals surface area contributed by atoms with E-state index in [0.29, 0.717) is 11.8 Å². The van der Waals surface area contributed by atoms with Gasteiger partial charge in [0.2, 0.25) is 0 Å². The lowest BCUT2D eigenvalue weighted by molar-refractivity contribution is 0.174. The van der Waals surface area contributed by atoms with E-state index in [2.05, 4.69) is 50.4 Å². The molecule has 0 aliphatic heterocycles. The average molecular weight is 263 g/mol. The molecule has 1 aromatic carbocycles. The lowest BCUT2D eigenvalue weighted by atomic mass is 9.85. The van der Waals surface area contributed by atoms with E-state index in [9.17, 15) is 0 Å². The molecule has 108 valence electrons. The van der Waals surface area contributed by atoms with Gasteiger partial charge in [-0.2, -0.15) is 0 Å². The van der Waals surface area contributed by atoms with E-state index >= 15 is 0 Å². The van der Waals surface area contributed by atoms with Gasteiger partial charge in [-0.25, -0.2) is 0 Å². The van der Waals surface area contributed by atoms with Crippen molar-refractivity contribution in [2.45, 2.75) is 39.5 Å². The zero-order valence-electron chi connectivity index (χ0n) is 12.9. The van der Waals surface area contributed by atoms with Gasteiger partial charge in [-0.05, 0) is 43.7 Å². The molecular weight excluding hydrogens is 234 g/mol. The van der Waals surface area contributed by atoms with Gasteiger partial charge >= 0.3 is 0 Å². The SMILES string of the molecule is CCCNCC(c1ccc(C)cc1)C(C)CCOC. The van der Waals surface area contributed by atoms with Gasteiger partial charge in [-0.1, -0.05) is 43.7 Å². The summed E-state index contributed by atoms with van der Waals surface area (Å²) in [7, 11) is 1.78. The van der Waals surface area contributed by atoms with Crippen LogP contribution in [0.4, 0.5) is 0 Å². The molecule has 19 heavy (non-hydrogen) atoms. The Morgan fingerprint density at radius 3 is 2.47 bits per heavy atom. The predicted octanol–water partition coefficient (Wildman–Crippen LogP) is 3.75. The monoisotopic (exact) mass is 263 g/mol. The molecule has 0 aliphatic rings. The van der Waals surface area contributed by atoms with Crippen molar-refractivity contribution in [2.75, 3.05) is 26.8 Å². The summed E-state index contributed by atoms with van der Waals surface area (Å²) in [5.41, 5.74) is 2.77. The van der Waals surface area contributed by atoms with E-state index in [1.54, 1.807) is 7.11 Å². The van der Waals surface area contributed by atoms with Gasteiger partial charge in [-0.15, -0.1) is 0 Å². The molecule has 2 unspecified atom stereocenters. The molecule has 1 aromatic rings. The van der Waals surface area contributed by atoms with Crippen LogP contribution in [0.3, 0.4) is 0 Å². The van der Waals surface area contributed by atoms with Crippen molar-refractivity contribution < 1.29 is 4.74 Å². The van der Waals surface area contributed by atoms with Crippen LogP contribution in [0.15, 0.2) is 24.3 Å². The number of hydrogen-bond acceptors (Lipinski definition) is 2. The van der Waals surface area contributed by atoms with Crippen LogP contribution < -0.4 is 5.32 Å². The van der Waals surface area contributed by atoms with Crippen LogP contribution in [0.5, 0.6) is 0 Å². The Hall–Kier alpha value is -0.860. The van der Waals surface area contributed by atoms with Crippen molar-refractivity contribution >= 4 is 0 Å². The molecule has 1 N–H and O–H groups in total. The summed E-state index contributed by atoms with van der Waals surface area (Å²) in [4.78, 5) is 0. The van der Waals surface area contributed by atoms with Crippen LogP contribution >= 0.6 is 0 Å². The minimum Gasteiger partial charge on any atom is -0.385 e. The number of nitrogens with one attached hydrogen (secondary N) is 1. The molecule has 0 radical (unpaired) electrons. The highest BCUT2D eigenvalue weighted by atomic mass is 16.5. The van der Waals surface area contributed by atoms with Gasteiger partial charge in [-0.3, -0.25) is 0 Å². The first-order valence-electron chi connectivity index (χ1n) is 7.45. The van der Waals surface area contributed by atoms with Crippen LogP contribution in [0.25, 0.3) is 0 Å². The Labute approximate surface area is 118 Å². The molecule has 0 bridgehead atoms. The van der Waals surface area contributed by atoms with E-state index < -0.39 is 0 Å². The molecule has 0 aromatic heterocycles. The Morgan fingerprint density at radius 1 is 1.21 bits per heavy atom. The summed E-state index contributed by atoms with van der Waals surface area (Å²) >= 11 is 0. The predicted molar refractivity (Wildman–Crippen MR) is 82.7 cm³/mol. The summed E-state index contributed by atoms with van der Waals surface area (Å²) in [6, 6.07) is 8.98. The van der Waals surface area contributed by atoms with E-state index in [-0.39, 0.29) is 0 Å². The number of hydrogen-bond donors (Lipinski definition) is 1. The maximum atomic E-state index is 5.22. The zero-order chi connectivity index (χ0) is 14.1. The number of aryl methyl sites for hydroxylation is 1. The van der Waals surface area contributed by atoms with Crippen LogP contribution in [0, 0.1) is 12.8 Å². The molecular formula is C17H29NO. The van der Waals surface area contributed by atoms with Crippen molar-refractivity contribution in [1.29, 1.82) is 0 Å². The van der Waals surface area contributed by atoms with Gasteiger partial charge in [0.1, 0.15) is 0 Å². The smallest absolute Gasteiger partial charge is 0.0465 e. The van der Waals surface area contributed by atoms with Gasteiger partial charge in [0.05, 0.1) is 0 Å². The fraction of sp³-hybridized carbons (Fsp3) is 0.647. The normalized spacial score (nSPS) is 14.3. The lowest BCUT2D eigenvalue weighted by Gasteiger charge is -2.25. The van der Waals surface area contributed by atoms with Crippen LogP contribution in [0.1, 0.15) is 43.7 Å². The Kier molecular flexibility index (Phi) is 7.76. The van der Waals surface area contributed by atoms with Crippen molar-refractivity contribution in [1.82, 2.24) is 5.32 Å². The Bertz CT molecular complexity index is 334. The molecule has 2 heteroatoms. The van der Waals surface area contributed by atoms with Gasteiger partial charge in [0.25, 0.3) is 0 Å². The average Bonchev–Trinajstić information content (AvgIpc) is 2.42. The molecule has 0 spiro atoms. The Morgan fingerprint density at radius 2 is 1.89 bits per heavy atom. The Balaban J connectivity index is 2.69. The quantitative estimate of drug-likeness (QED) is 0.685. The fourth-order valence-electron chi connectivity index (χ4n) is 2.40. The third kappa shape index (κ3) is 5.75. The van der Waals surface area contributed by atoms with Crippen molar-refractivity contribution in [3.63, 3.8) is 0 Å². The number of benzene rings is 1. The minimum atomic E-state index is 0.572. The summed E-state index contributed by atoms with van der Waals surface area (Å²) in [6.45, 7) is 9.68. The summed E-state index contributed by atoms with van der Waals surface area (Å²) in [5, 5.41) is 3.56. The topological polar surface area (TPSA) is 21.3 Å². The van der Waals surface area contributed by atoms with Crippen molar-refractivity contribution in [3.8, 4) is 0 Å². The third-order valence-corrected chi connectivity index (χ3v) is 3.76. The maximum Gasteiger partial charge on any atom is 0.0465 e. The van der Waals surface area contributed by atoms with Crippen LogP contribution in [-0.2, 0) is 4.74 Å². The van der Waals surface area contributed by atoms with E-state index in [0.717, 1.165) is 26.1 Å². The highest BCUT2D eigenvalue weighted by Crippen LogP contribution is 2.26.